The molecule has 0 aliphatic heterocycles. The third-order valence-corrected chi connectivity index (χ3v) is 4.84. The number of halogens is 1. The van der Waals surface area contributed by atoms with Crippen LogP contribution in [0.3, 0.4) is 0 Å². The number of pyridine rings is 1. The van der Waals surface area contributed by atoms with E-state index in [0.29, 0.717) is 30.8 Å². The molecule has 1 aliphatic rings. The number of nitrogens with zero attached hydrogens (tertiary/aromatic N) is 2. The normalized spacial score (nSPS) is 16.2. The molecule has 2 aromatic rings. The van der Waals surface area contributed by atoms with Gasteiger partial charge in [-0.1, -0.05) is 6.07 Å². The highest BCUT2D eigenvalue weighted by atomic mass is 19.1. The van der Waals surface area contributed by atoms with Gasteiger partial charge in [-0.15, -0.1) is 0 Å². The molecule has 3 rings (SSSR count). The second kappa shape index (κ2) is 10.2. The Bertz CT molecular complexity index is 812. The lowest BCUT2D eigenvalue weighted by Crippen LogP contribution is -2.39. The third-order valence-electron chi connectivity index (χ3n) is 4.84. The van der Waals surface area contributed by atoms with Crippen molar-refractivity contribution in [3.8, 4) is 5.75 Å². The summed E-state index contributed by atoms with van der Waals surface area (Å²) in [7, 11) is 0. The Morgan fingerprint density at radius 3 is 2.69 bits per heavy atom. The Kier molecular flexibility index (Phi) is 7.41. The fourth-order valence-electron chi connectivity index (χ4n) is 2.87. The molecule has 6 nitrogen and oxygen atoms in total. The van der Waals surface area contributed by atoms with Gasteiger partial charge in [0.1, 0.15) is 0 Å². The third kappa shape index (κ3) is 6.42. The average Bonchev–Trinajstić information content (AvgIpc) is 3.56. The van der Waals surface area contributed by atoms with Crippen LogP contribution in [-0.2, 0) is 0 Å². The van der Waals surface area contributed by atoms with E-state index in [2.05, 4.69) is 20.6 Å². The molecule has 3 N–H and O–H groups in total. The van der Waals surface area contributed by atoms with Crippen LogP contribution >= 0.6 is 0 Å². The van der Waals surface area contributed by atoms with E-state index in [1.54, 1.807) is 30.6 Å². The van der Waals surface area contributed by atoms with Crippen LogP contribution in [0, 0.1) is 11.7 Å². The monoisotopic (exact) mass is 400 g/mol. The van der Waals surface area contributed by atoms with E-state index in [4.69, 9.17) is 4.74 Å². The number of aliphatic imine (C=N–C) groups is 1. The molecular weight excluding hydrogens is 371 g/mol. The molecule has 1 fully saturated rings. The number of hydrogen-bond acceptors (Lipinski definition) is 4. The lowest BCUT2D eigenvalue weighted by molar-refractivity contribution is 0.187. The summed E-state index contributed by atoms with van der Waals surface area (Å²) >= 11 is 0. The van der Waals surface area contributed by atoms with Crippen LogP contribution in [0.15, 0.2) is 47.7 Å². The second-order valence-electron chi connectivity index (χ2n) is 7.33. The number of aliphatic hydroxyl groups is 1. The van der Waals surface area contributed by atoms with Gasteiger partial charge in [-0.3, -0.25) is 9.98 Å². The summed E-state index contributed by atoms with van der Waals surface area (Å²) in [6, 6.07) is 8.39. The molecule has 29 heavy (non-hydrogen) atoms. The Morgan fingerprint density at radius 1 is 1.28 bits per heavy atom. The number of ether oxygens (including phenoxy) is 1. The first-order chi connectivity index (χ1) is 14.1. The zero-order chi connectivity index (χ0) is 20.6. The Labute approximate surface area is 171 Å². The SMILES string of the molecule is CCNC(=NCC(O)c1ccncc1)NC(C)c1ccc(OCC2CC2)c(F)c1. The van der Waals surface area contributed by atoms with Crippen LogP contribution in [-0.4, -0.2) is 35.7 Å². The van der Waals surface area contributed by atoms with Crippen molar-refractivity contribution in [2.24, 2.45) is 10.9 Å². The predicted octanol–water partition coefficient (Wildman–Crippen LogP) is 3.36. The van der Waals surface area contributed by atoms with Crippen molar-refractivity contribution in [2.75, 3.05) is 19.7 Å². The van der Waals surface area contributed by atoms with E-state index in [0.717, 1.165) is 11.1 Å². The average molecular weight is 400 g/mol. The first kappa shape index (κ1) is 21.0. The summed E-state index contributed by atoms with van der Waals surface area (Å²) in [5, 5.41) is 16.7. The lowest BCUT2D eigenvalue weighted by Gasteiger charge is -2.19. The van der Waals surface area contributed by atoms with Crippen LogP contribution in [0.5, 0.6) is 5.75 Å². The molecule has 1 aliphatic carbocycles. The zero-order valence-electron chi connectivity index (χ0n) is 16.9. The molecule has 1 saturated carbocycles. The van der Waals surface area contributed by atoms with E-state index < -0.39 is 6.10 Å². The number of benzene rings is 1. The maximum Gasteiger partial charge on any atom is 0.191 e. The van der Waals surface area contributed by atoms with Crippen molar-refractivity contribution in [3.63, 3.8) is 0 Å². The van der Waals surface area contributed by atoms with Crippen molar-refractivity contribution in [1.29, 1.82) is 0 Å². The quantitative estimate of drug-likeness (QED) is 0.444. The van der Waals surface area contributed by atoms with Gasteiger partial charge in [0.05, 0.1) is 25.3 Å². The van der Waals surface area contributed by atoms with E-state index >= 15 is 0 Å². The van der Waals surface area contributed by atoms with Crippen molar-refractivity contribution >= 4 is 5.96 Å². The fourth-order valence-corrected chi connectivity index (χ4v) is 2.87. The van der Waals surface area contributed by atoms with Gasteiger partial charge in [-0.2, -0.15) is 0 Å². The van der Waals surface area contributed by atoms with E-state index in [1.165, 1.54) is 18.9 Å². The van der Waals surface area contributed by atoms with Crippen LogP contribution in [0.4, 0.5) is 4.39 Å². The molecule has 156 valence electrons. The summed E-state index contributed by atoms with van der Waals surface area (Å²) < 4.78 is 19.9. The van der Waals surface area contributed by atoms with Gasteiger partial charge in [-0.05, 0) is 68.0 Å². The summed E-state index contributed by atoms with van der Waals surface area (Å²) in [4.78, 5) is 8.41. The van der Waals surface area contributed by atoms with Gasteiger partial charge in [0.2, 0.25) is 0 Å². The van der Waals surface area contributed by atoms with E-state index in [9.17, 15) is 9.50 Å². The van der Waals surface area contributed by atoms with Gasteiger partial charge in [0.15, 0.2) is 17.5 Å². The predicted molar refractivity (Wildman–Crippen MR) is 111 cm³/mol. The molecule has 2 atom stereocenters. The highest BCUT2D eigenvalue weighted by molar-refractivity contribution is 5.80. The Hall–Kier alpha value is -2.67. The molecule has 1 aromatic heterocycles. The topological polar surface area (TPSA) is 78.8 Å². The van der Waals surface area contributed by atoms with Gasteiger partial charge in [-0.25, -0.2) is 4.39 Å². The molecule has 0 radical (unpaired) electrons. The smallest absolute Gasteiger partial charge is 0.191 e. The maximum atomic E-state index is 14.4. The van der Waals surface area contributed by atoms with Crippen molar-refractivity contribution < 1.29 is 14.2 Å². The lowest BCUT2D eigenvalue weighted by atomic mass is 10.1. The molecule has 7 heteroatoms. The minimum atomic E-state index is -0.718. The van der Waals surface area contributed by atoms with Crippen LogP contribution in [0.2, 0.25) is 0 Å². The number of aliphatic hydroxyl groups excluding tert-OH is 1. The highest BCUT2D eigenvalue weighted by Gasteiger charge is 2.22. The summed E-state index contributed by atoms with van der Waals surface area (Å²) in [5.41, 5.74) is 1.55. The van der Waals surface area contributed by atoms with Gasteiger partial charge in [0, 0.05) is 18.9 Å². The Morgan fingerprint density at radius 2 is 2.03 bits per heavy atom. The van der Waals surface area contributed by atoms with Crippen molar-refractivity contribution in [2.45, 2.75) is 38.8 Å². The fraction of sp³-hybridized carbons (Fsp3) is 0.455. The minimum absolute atomic E-state index is 0.169. The van der Waals surface area contributed by atoms with Crippen molar-refractivity contribution in [1.82, 2.24) is 15.6 Å². The number of nitrogens with one attached hydrogen (secondary N) is 2. The van der Waals surface area contributed by atoms with Gasteiger partial charge >= 0.3 is 0 Å². The number of guanidine groups is 1. The number of rotatable bonds is 9. The first-order valence-corrected chi connectivity index (χ1v) is 10.1. The van der Waals surface area contributed by atoms with Crippen LogP contribution in [0.1, 0.15) is 50.0 Å². The Balaban J connectivity index is 1.60. The summed E-state index contributed by atoms with van der Waals surface area (Å²) in [6.07, 6.45) is 4.90. The van der Waals surface area contributed by atoms with E-state index in [1.807, 2.05) is 19.9 Å². The molecule has 1 aromatic carbocycles. The largest absolute Gasteiger partial charge is 0.490 e. The van der Waals surface area contributed by atoms with Gasteiger partial charge < -0.3 is 20.5 Å². The van der Waals surface area contributed by atoms with Crippen LogP contribution in [0.25, 0.3) is 0 Å². The first-order valence-electron chi connectivity index (χ1n) is 10.1. The summed E-state index contributed by atoms with van der Waals surface area (Å²) in [5.74, 6) is 1.08. The molecule has 2 unspecified atom stereocenters. The highest BCUT2D eigenvalue weighted by Crippen LogP contribution is 2.30. The number of aromatic nitrogens is 1. The number of hydrogen-bond donors (Lipinski definition) is 3. The molecule has 0 bridgehead atoms. The van der Waals surface area contributed by atoms with Crippen molar-refractivity contribution in [3.05, 3.63) is 59.7 Å². The standard InChI is InChI=1S/C22H29FN4O2/c1-3-25-22(26-13-20(28)17-8-10-24-11-9-17)27-15(2)18-6-7-21(19(23)12-18)29-14-16-4-5-16/h6-12,15-16,20,28H,3-5,13-14H2,1-2H3,(H2,25,26,27). The van der Waals surface area contributed by atoms with E-state index in [-0.39, 0.29) is 18.4 Å². The maximum absolute atomic E-state index is 14.4. The summed E-state index contributed by atoms with van der Waals surface area (Å²) in [6.45, 7) is 5.36. The molecule has 0 amide bonds. The zero-order valence-corrected chi connectivity index (χ0v) is 16.9. The second-order valence-corrected chi connectivity index (χ2v) is 7.33. The molecule has 0 spiro atoms. The van der Waals surface area contributed by atoms with Gasteiger partial charge in [0.25, 0.3) is 0 Å². The van der Waals surface area contributed by atoms with Crippen LogP contribution < -0.4 is 15.4 Å². The molecular formula is C22H29FN4O2. The minimum Gasteiger partial charge on any atom is -0.490 e. The molecule has 0 saturated heterocycles. The molecule has 1 heterocycles.